The highest BCUT2D eigenvalue weighted by molar-refractivity contribution is 9.11. The van der Waals surface area contributed by atoms with Crippen molar-refractivity contribution in [3.63, 3.8) is 0 Å². The van der Waals surface area contributed by atoms with Crippen LogP contribution in [0.3, 0.4) is 0 Å². The lowest BCUT2D eigenvalue weighted by atomic mass is 9.89. The molecule has 2 N–H and O–H groups in total. The van der Waals surface area contributed by atoms with Gasteiger partial charge in [-0.05, 0) is 47.3 Å². The van der Waals surface area contributed by atoms with E-state index in [1.165, 1.54) is 8.66 Å². The highest BCUT2D eigenvalue weighted by Gasteiger charge is 2.31. The van der Waals surface area contributed by atoms with Crippen molar-refractivity contribution in [3.8, 4) is 0 Å². The van der Waals surface area contributed by atoms with E-state index >= 15 is 0 Å². The van der Waals surface area contributed by atoms with Crippen molar-refractivity contribution in [2.24, 2.45) is 11.7 Å². The third kappa shape index (κ3) is 2.86. The first-order valence-corrected chi connectivity index (χ1v) is 7.43. The molecule has 1 saturated heterocycles. The number of thiophene rings is 1. The van der Waals surface area contributed by atoms with Gasteiger partial charge < -0.3 is 10.5 Å². The summed E-state index contributed by atoms with van der Waals surface area (Å²) in [6, 6.07) is 4.48. The van der Waals surface area contributed by atoms with Gasteiger partial charge in [0.1, 0.15) is 0 Å². The average Bonchev–Trinajstić information content (AvgIpc) is 2.86. The van der Waals surface area contributed by atoms with Crippen molar-refractivity contribution in [2.45, 2.75) is 38.3 Å². The quantitative estimate of drug-likeness (QED) is 0.927. The van der Waals surface area contributed by atoms with Crippen LogP contribution in [-0.2, 0) is 11.2 Å². The van der Waals surface area contributed by atoms with Gasteiger partial charge in [0.15, 0.2) is 0 Å². The molecule has 0 amide bonds. The van der Waals surface area contributed by atoms with Gasteiger partial charge in [0.05, 0.1) is 9.89 Å². The van der Waals surface area contributed by atoms with Gasteiger partial charge in [-0.1, -0.05) is 6.92 Å². The van der Waals surface area contributed by atoms with Crippen LogP contribution < -0.4 is 5.73 Å². The molecule has 0 bridgehead atoms. The first-order chi connectivity index (χ1) is 7.70. The smallest absolute Gasteiger partial charge is 0.0701 e. The van der Waals surface area contributed by atoms with Gasteiger partial charge in [-0.25, -0.2) is 0 Å². The van der Waals surface area contributed by atoms with E-state index in [-0.39, 0.29) is 6.04 Å². The molecule has 3 unspecified atom stereocenters. The monoisotopic (exact) mass is 303 g/mol. The Labute approximate surface area is 109 Å². The van der Waals surface area contributed by atoms with Gasteiger partial charge >= 0.3 is 0 Å². The van der Waals surface area contributed by atoms with E-state index in [9.17, 15) is 0 Å². The molecule has 3 atom stereocenters. The molecule has 0 aliphatic carbocycles. The minimum Gasteiger partial charge on any atom is -0.378 e. The second-order valence-corrected chi connectivity index (χ2v) is 6.89. The summed E-state index contributed by atoms with van der Waals surface area (Å²) in [6.07, 6.45) is 3.54. The van der Waals surface area contributed by atoms with Gasteiger partial charge in [-0.2, -0.15) is 0 Å². The summed E-state index contributed by atoms with van der Waals surface area (Å²) in [5.74, 6) is 0.533. The van der Waals surface area contributed by atoms with Crippen LogP contribution >= 0.6 is 27.3 Å². The van der Waals surface area contributed by atoms with E-state index in [1.807, 2.05) is 0 Å². The molecule has 0 spiro atoms. The zero-order valence-electron chi connectivity index (χ0n) is 9.49. The molecule has 4 heteroatoms. The lowest BCUT2D eigenvalue weighted by Gasteiger charge is -2.23. The molecule has 0 radical (unpaired) electrons. The predicted octanol–water partition coefficient (Wildman–Crippen LogP) is 3.20. The van der Waals surface area contributed by atoms with E-state index in [0.29, 0.717) is 12.0 Å². The highest BCUT2D eigenvalue weighted by atomic mass is 79.9. The second kappa shape index (κ2) is 5.63. The van der Waals surface area contributed by atoms with E-state index in [4.69, 9.17) is 10.5 Å². The minimum absolute atomic E-state index is 0.234. The SMILES string of the molecule is CCC1OCCC1C(N)Cc1ccc(Br)s1. The Balaban J connectivity index is 1.94. The summed E-state index contributed by atoms with van der Waals surface area (Å²) in [5.41, 5.74) is 6.30. The summed E-state index contributed by atoms with van der Waals surface area (Å²) < 4.78 is 6.88. The summed E-state index contributed by atoms with van der Waals surface area (Å²) in [4.78, 5) is 1.36. The molecule has 2 rings (SSSR count). The highest BCUT2D eigenvalue weighted by Crippen LogP contribution is 2.29. The van der Waals surface area contributed by atoms with Crippen molar-refractivity contribution >= 4 is 27.3 Å². The lowest BCUT2D eigenvalue weighted by molar-refractivity contribution is 0.0814. The van der Waals surface area contributed by atoms with Crippen LogP contribution in [0.1, 0.15) is 24.6 Å². The Morgan fingerprint density at radius 2 is 2.44 bits per heavy atom. The fourth-order valence-electron chi connectivity index (χ4n) is 2.42. The number of rotatable bonds is 4. The van der Waals surface area contributed by atoms with E-state index in [1.54, 1.807) is 11.3 Å². The van der Waals surface area contributed by atoms with Gasteiger partial charge in [0.2, 0.25) is 0 Å². The Bertz CT molecular complexity index is 342. The fraction of sp³-hybridized carbons (Fsp3) is 0.667. The molecule has 1 aliphatic heterocycles. The lowest BCUT2D eigenvalue weighted by Crippen LogP contribution is -2.36. The molecular weight excluding hydrogens is 286 g/mol. The Kier molecular flexibility index (Phi) is 4.41. The molecule has 0 aromatic carbocycles. The topological polar surface area (TPSA) is 35.2 Å². The van der Waals surface area contributed by atoms with Gasteiger partial charge in [0, 0.05) is 23.4 Å². The molecule has 0 saturated carbocycles. The average molecular weight is 304 g/mol. The molecule has 2 heterocycles. The van der Waals surface area contributed by atoms with E-state index < -0.39 is 0 Å². The van der Waals surface area contributed by atoms with Crippen molar-refractivity contribution in [3.05, 3.63) is 20.8 Å². The first kappa shape index (κ1) is 12.6. The number of halogens is 1. The number of nitrogens with two attached hydrogens (primary N) is 1. The minimum atomic E-state index is 0.234. The Morgan fingerprint density at radius 3 is 3.06 bits per heavy atom. The predicted molar refractivity (Wildman–Crippen MR) is 71.8 cm³/mol. The maximum Gasteiger partial charge on any atom is 0.0701 e. The normalized spacial score (nSPS) is 27.2. The summed E-state index contributed by atoms with van der Waals surface area (Å²) in [7, 11) is 0. The van der Waals surface area contributed by atoms with Crippen LogP contribution in [0.25, 0.3) is 0 Å². The zero-order chi connectivity index (χ0) is 11.5. The molecule has 1 aliphatic rings. The van der Waals surface area contributed by atoms with Gasteiger partial charge in [-0.3, -0.25) is 0 Å². The van der Waals surface area contributed by atoms with Crippen molar-refractivity contribution in [2.75, 3.05) is 6.61 Å². The largest absolute Gasteiger partial charge is 0.378 e. The molecule has 1 fully saturated rings. The number of ether oxygens (including phenoxy) is 1. The summed E-state index contributed by atoms with van der Waals surface area (Å²) in [5, 5.41) is 0. The zero-order valence-corrected chi connectivity index (χ0v) is 11.9. The maximum atomic E-state index is 6.30. The number of hydrogen-bond donors (Lipinski definition) is 1. The van der Waals surface area contributed by atoms with Crippen LogP contribution in [0.5, 0.6) is 0 Å². The molecular formula is C12H18BrNOS. The second-order valence-electron chi connectivity index (χ2n) is 4.34. The maximum absolute atomic E-state index is 6.30. The van der Waals surface area contributed by atoms with Gasteiger partial charge in [0.25, 0.3) is 0 Å². The van der Waals surface area contributed by atoms with Crippen molar-refractivity contribution in [1.82, 2.24) is 0 Å². The number of hydrogen-bond acceptors (Lipinski definition) is 3. The Morgan fingerprint density at radius 1 is 1.62 bits per heavy atom. The summed E-state index contributed by atoms with van der Waals surface area (Å²) >= 11 is 5.26. The van der Waals surface area contributed by atoms with Crippen LogP contribution in [0, 0.1) is 5.92 Å². The van der Waals surface area contributed by atoms with E-state index in [0.717, 1.165) is 25.9 Å². The summed E-state index contributed by atoms with van der Waals surface area (Å²) in [6.45, 7) is 3.06. The first-order valence-electron chi connectivity index (χ1n) is 5.82. The Hall–Kier alpha value is 0.1000. The third-order valence-electron chi connectivity index (χ3n) is 3.28. The molecule has 1 aromatic rings. The van der Waals surface area contributed by atoms with Gasteiger partial charge in [-0.15, -0.1) is 11.3 Å². The molecule has 1 aromatic heterocycles. The van der Waals surface area contributed by atoms with Crippen molar-refractivity contribution in [1.29, 1.82) is 0 Å². The molecule has 90 valence electrons. The van der Waals surface area contributed by atoms with Crippen LogP contribution in [0.2, 0.25) is 0 Å². The van der Waals surface area contributed by atoms with Crippen LogP contribution in [0.4, 0.5) is 0 Å². The van der Waals surface area contributed by atoms with Crippen molar-refractivity contribution < 1.29 is 4.74 Å². The standard InChI is InChI=1S/C12H18BrNOS/c1-2-11-9(5-6-15-11)10(14)7-8-3-4-12(13)16-8/h3-4,9-11H,2,5-7,14H2,1H3. The molecule has 16 heavy (non-hydrogen) atoms. The molecule has 2 nitrogen and oxygen atoms in total. The van der Waals surface area contributed by atoms with Crippen LogP contribution in [-0.4, -0.2) is 18.8 Å². The van der Waals surface area contributed by atoms with Crippen LogP contribution in [0.15, 0.2) is 15.9 Å². The van der Waals surface area contributed by atoms with E-state index in [2.05, 4.69) is 35.0 Å². The fourth-order valence-corrected chi connectivity index (χ4v) is 3.97. The third-order valence-corrected chi connectivity index (χ3v) is 4.92.